The van der Waals surface area contributed by atoms with Gasteiger partial charge in [0.05, 0.1) is 37.3 Å². The van der Waals surface area contributed by atoms with Crippen LogP contribution in [0.15, 0.2) is 0 Å². The molecule has 6 nitrogen and oxygen atoms in total. The van der Waals surface area contributed by atoms with E-state index in [2.05, 4.69) is 37.9 Å². The average Bonchev–Trinajstić information content (AvgIpc) is 2.43. The second kappa shape index (κ2) is 7.15. The van der Waals surface area contributed by atoms with Gasteiger partial charge in [-0.3, -0.25) is 14.4 Å². The van der Waals surface area contributed by atoms with E-state index in [4.69, 9.17) is 0 Å². The maximum absolute atomic E-state index is 11.6. The lowest BCUT2D eigenvalue weighted by molar-refractivity contribution is -0.155. The van der Waals surface area contributed by atoms with Gasteiger partial charge >= 0.3 is 0 Å². The summed E-state index contributed by atoms with van der Waals surface area (Å²) in [6.07, 6.45) is 0. The molecule has 0 unspecified atom stereocenters. The van der Waals surface area contributed by atoms with Crippen LogP contribution in [0.25, 0.3) is 0 Å². The van der Waals surface area contributed by atoms with Gasteiger partial charge in [-0.1, -0.05) is 0 Å². The lowest BCUT2D eigenvalue weighted by atomic mass is 10.4. The Morgan fingerprint density at radius 1 is 0.667 bits per heavy atom. The highest BCUT2D eigenvalue weighted by Crippen LogP contribution is 2.10. The largest absolute Gasteiger partial charge is 0.306 e. The molecular weight excluding hydrogens is 294 g/mol. The van der Waals surface area contributed by atoms with Crippen molar-refractivity contribution in [1.29, 1.82) is 0 Å². The lowest BCUT2D eigenvalue weighted by Gasteiger charge is -2.41. The van der Waals surface area contributed by atoms with Crippen LogP contribution in [-0.4, -0.2) is 69.7 Å². The first-order chi connectivity index (χ1) is 8.53. The molecule has 1 fully saturated rings. The SMILES string of the molecule is O=C(CS)N1CN(C(=O)CS)CN(C(=O)CS)C1. The van der Waals surface area contributed by atoms with Gasteiger partial charge < -0.3 is 14.7 Å². The monoisotopic (exact) mass is 309 g/mol. The lowest BCUT2D eigenvalue weighted by Crippen LogP contribution is -2.60. The van der Waals surface area contributed by atoms with Crippen molar-refractivity contribution < 1.29 is 14.4 Å². The first-order valence-electron chi connectivity index (χ1n) is 5.19. The van der Waals surface area contributed by atoms with Crippen LogP contribution in [0.2, 0.25) is 0 Å². The van der Waals surface area contributed by atoms with Crippen molar-refractivity contribution in [1.82, 2.24) is 14.7 Å². The molecule has 1 saturated heterocycles. The Hall–Kier alpha value is -0.540. The molecule has 0 aromatic heterocycles. The van der Waals surface area contributed by atoms with Crippen molar-refractivity contribution in [3.05, 3.63) is 0 Å². The van der Waals surface area contributed by atoms with E-state index in [-0.39, 0.29) is 55.0 Å². The number of rotatable bonds is 3. The van der Waals surface area contributed by atoms with Crippen LogP contribution in [0.3, 0.4) is 0 Å². The molecular formula is C9H15N3O3S3. The standard InChI is InChI=1S/C9H15N3O3S3/c13-7(1-16)10-4-11(8(14)2-17)6-12(5-10)9(15)3-18/h16-18H,1-6H2. The molecule has 0 radical (unpaired) electrons. The van der Waals surface area contributed by atoms with Gasteiger partial charge in [-0.2, -0.15) is 37.9 Å². The quantitative estimate of drug-likeness (QED) is 0.595. The number of carbonyl (C=O) groups is 3. The Bertz CT molecular complexity index is 295. The van der Waals surface area contributed by atoms with E-state index < -0.39 is 0 Å². The highest BCUT2D eigenvalue weighted by Gasteiger charge is 2.30. The maximum atomic E-state index is 11.6. The van der Waals surface area contributed by atoms with E-state index in [9.17, 15) is 14.4 Å². The first kappa shape index (κ1) is 15.5. The van der Waals surface area contributed by atoms with E-state index >= 15 is 0 Å². The second-order valence-corrected chi connectivity index (χ2v) is 4.65. The zero-order valence-corrected chi connectivity index (χ0v) is 12.3. The van der Waals surface area contributed by atoms with Gasteiger partial charge in [0.2, 0.25) is 17.7 Å². The van der Waals surface area contributed by atoms with Crippen molar-refractivity contribution in [3.8, 4) is 0 Å². The third-order valence-electron chi connectivity index (χ3n) is 2.49. The fourth-order valence-electron chi connectivity index (χ4n) is 1.53. The van der Waals surface area contributed by atoms with Crippen LogP contribution in [-0.2, 0) is 14.4 Å². The van der Waals surface area contributed by atoms with Gasteiger partial charge in [-0.25, -0.2) is 0 Å². The van der Waals surface area contributed by atoms with Crippen LogP contribution < -0.4 is 0 Å². The molecule has 0 N–H and O–H groups in total. The summed E-state index contributed by atoms with van der Waals surface area (Å²) >= 11 is 11.7. The predicted octanol–water partition coefficient (Wildman–Crippen LogP) is -0.852. The van der Waals surface area contributed by atoms with Crippen LogP contribution in [0.4, 0.5) is 0 Å². The molecule has 1 aliphatic rings. The van der Waals surface area contributed by atoms with Crippen molar-refractivity contribution >= 4 is 55.6 Å². The Kier molecular flexibility index (Phi) is 6.16. The summed E-state index contributed by atoms with van der Waals surface area (Å²) < 4.78 is 0. The fraction of sp³-hybridized carbons (Fsp3) is 0.667. The third-order valence-corrected chi connectivity index (χ3v) is 3.30. The molecule has 0 spiro atoms. The Morgan fingerprint density at radius 2 is 0.889 bits per heavy atom. The molecule has 0 atom stereocenters. The van der Waals surface area contributed by atoms with E-state index in [0.29, 0.717) is 0 Å². The van der Waals surface area contributed by atoms with Gasteiger partial charge in [0, 0.05) is 0 Å². The minimum atomic E-state index is -0.230. The zero-order chi connectivity index (χ0) is 13.7. The molecule has 0 saturated carbocycles. The molecule has 0 bridgehead atoms. The van der Waals surface area contributed by atoms with Crippen molar-refractivity contribution in [2.45, 2.75) is 0 Å². The molecule has 0 aliphatic carbocycles. The maximum Gasteiger partial charge on any atom is 0.235 e. The Morgan fingerprint density at radius 3 is 1.06 bits per heavy atom. The summed E-state index contributed by atoms with van der Waals surface area (Å²) in [6, 6.07) is 0. The normalized spacial score (nSPS) is 15.8. The molecule has 0 aromatic rings. The number of carbonyl (C=O) groups excluding carboxylic acids is 3. The highest BCUT2D eigenvalue weighted by atomic mass is 32.1. The molecule has 9 heteroatoms. The molecule has 18 heavy (non-hydrogen) atoms. The summed E-state index contributed by atoms with van der Waals surface area (Å²) in [5.41, 5.74) is 0. The van der Waals surface area contributed by atoms with E-state index in [0.717, 1.165) is 0 Å². The smallest absolute Gasteiger partial charge is 0.235 e. The summed E-state index contributed by atoms with van der Waals surface area (Å²) in [7, 11) is 0. The van der Waals surface area contributed by atoms with E-state index in [1.165, 1.54) is 14.7 Å². The topological polar surface area (TPSA) is 60.9 Å². The van der Waals surface area contributed by atoms with Crippen LogP contribution in [0.1, 0.15) is 0 Å². The predicted molar refractivity (Wildman–Crippen MR) is 76.7 cm³/mol. The van der Waals surface area contributed by atoms with Crippen LogP contribution >= 0.6 is 37.9 Å². The minimum Gasteiger partial charge on any atom is -0.306 e. The van der Waals surface area contributed by atoms with E-state index in [1.54, 1.807) is 0 Å². The highest BCUT2D eigenvalue weighted by molar-refractivity contribution is 7.81. The number of hydrogen-bond donors (Lipinski definition) is 3. The number of hydrogen-bond acceptors (Lipinski definition) is 6. The molecule has 0 aromatic carbocycles. The van der Waals surface area contributed by atoms with Crippen LogP contribution in [0.5, 0.6) is 0 Å². The second-order valence-electron chi connectivity index (χ2n) is 3.70. The third kappa shape index (κ3) is 3.72. The number of amides is 3. The zero-order valence-electron chi connectivity index (χ0n) is 9.65. The van der Waals surface area contributed by atoms with Gasteiger partial charge in [0.1, 0.15) is 0 Å². The van der Waals surface area contributed by atoms with Gasteiger partial charge in [-0.15, -0.1) is 0 Å². The molecule has 1 heterocycles. The van der Waals surface area contributed by atoms with Crippen molar-refractivity contribution in [3.63, 3.8) is 0 Å². The minimum absolute atomic E-state index is 0.0335. The van der Waals surface area contributed by atoms with Crippen molar-refractivity contribution in [2.24, 2.45) is 0 Å². The molecule has 3 amide bonds. The molecule has 102 valence electrons. The molecule has 1 aliphatic heterocycles. The molecule has 1 rings (SSSR count). The van der Waals surface area contributed by atoms with Crippen molar-refractivity contribution in [2.75, 3.05) is 37.3 Å². The fourth-order valence-corrected chi connectivity index (χ4v) is 2.13. The van der Waals surface area contributed by atoms with E-state index in [1.807, 2.05) is 0 Å². The summed E-state index contributed by atoms with van der Waals surface area (Å²) in [5, 5.41) is 0. The summed E-state index contributed by atoms with van der Waals surface area (Å²) in [5.74, 6) is -0.588. The Balaban J connectivity index is 2.81. The number of nitrogens with zero attached hydrogens (tertiary/aromatic N) is 3. The first-order valence-corrected chi connectivity index (χ1v) is 7.09. The number of thiol groups is 3. The summed E-state index contributed by atoms with van der Waals surface area (Å²) in [4.78, 5) is 39.1. The van der Waals surface area contributed by atoms with Gasteiger partial charge in [0.15, 0.2) is 0 Å². The van der Waals surface area contributed by atoms with Gasteiger partial charge in [0.25, 0.3) is 0 Å². The van der Waals surface area contributed by atoms with Gasteiger partial charge in [-0.05, 0) is 0 Å². The average molecular weight is 309 g/mol. The Labute approximate surface area is 122 Å². The van der Waals surface area contributed by atoms with Crippen LogP contribution in [0, 0.1) is 0 Å². The summed E-state index contributed by atoms with van der Waals surface area (Å²) in [6.45, 7) is 0.486.